The molecule has 2 amide bonds. The molecule has 1 N–H and O–H groups in total. The van der Waals surface area contributed by atoms with E-state index in [2.05, 4.69) is 5.32 Å². The van der Waals surface area contributed by atoms with Crippen molar-refractivity contribution in [1.29, 1.82) is 0 Å². The first-order valence-corrected chi connectivity index (χ1v) is 6.19. The number of anilines is 1. The number of amides is 2. The molecular formula is C13H15F3N2O2. The lowest BCUT2D eigenvalue weighted by molar-refractivity contribution is -0.137. The average Bonchev–Trinajstić information content (AvgIpc) is 2.41. The number of halogens is 3. The minimum Gasteiger partial charge on any atom is -0.378 e. The minimum atomic E-state index is -4.42. The summed E-state index contributed by atoms with van der Waals surface area (Å²) in [5.41, 5.74) is -0.0173. The average molecular weight is 288 g/mol. The van der Waals surface area contributed by atoms with Gasteiger partial charge in [0.2, 0.25) is 0 Å². The number of nitrogens with zero attached hydrogens (tertiary/aromatic N) is 1. The SMILES string of the molecule is Cc1ccc(C(F)(F)F)cc1NC(=O)N1CCOCC1. The number of benzene rings is 1. The van der Waals surface area contributed by atoms with E-state index in [0.29, 0.717) is 31.9 Å². The lowest BCUT2D eigenvalue weighted by atomic mass is 10.1. The highest BCUT2D eigenvalue weighted by atomic mass is 19.4. The number of carbonyl (C=O) groups is 1. The maximum Gasteiger partial charge on any atom is 0.416 e. The molecule has 1 heterocycles. The first kappa shape index (κ1) is 14.6. The summed E-state index contributed by atoms with van der Waals surface area (Å²) in [5.74, 6) is 0. The lowest BCUT2D eigenvalue weighted by Gasteiger charge is -2.27. The van der Waals surface area contributed by atoms with E-state index in [1.807, 2.05) is 0 Å². The zero-order valence-corrected chi connectivity index (χ0v) is 11.0. The van der Waals surface area contributed by atoms with Crippen LogP contribution in [-0.4, -0.2) is 37.2 Å². The molecule has 0 spiro atoms. The second kappa shape index (κ2) is 5.70. The van der Waals surface area contributed by atoms with Crippen molar-refractivity contribution in [3.8, 4) is 0 Å². The highest BCUT2D eigenvalue weighted by Crippen LogP contribution is 2.32. The summed E-state index contributed by atoms with van der Waals surface area (Å²) in [6.07, 6.45) is -4.42. The van der Waals surface area contributed by atoms with Crippen LogP contribution in [0.4, 0.5) is 23.7 Å². The molecule has 0 atom stereocenters. The number of aryl methyl sites for hydroxylation is 1. The predicted octanol–water partition coefficient (Wildman–Crippen LogP) is 2.88. The molecule has 1 saturated heterocycles. The van der Waals surface area contributed by atoms with Gasteiger partial charge in [0.1, 0.15) is 0 Å². The molecule has 1 aromatic rings. The van der Waals surface area contributed by atoms with Crippen LogP contribution in [0.1, 0.15) is 11.1 Å². The minimum absolute atomic E-state index is 0.177. The zero-order valence-electron chi connectivity index (χ0n) is 11.0. The summed E-state index contributed by atoms with van der Waals surface area (Å²) < 4.78 is 43.1. The highest BCUT2D eigenvalue weighted by molar-refractivity contribution is 5.90. The molecule has 110 valence electrons. The summed E-state index contributed by atoms with van der Waals surface area (Å²) in [6, 6.07) is 2.89. The van der Waals surface area contributed by atoms with Crippen molar-refractivity contribution >= 4 is 11.7 Å². The molecule has 20 heavy (non-hydrogen) atoms. The van der Waals surface area contributed by atoms with Gasteiger partial charge in [-0.25, -0.2) is 4.79 Å². The topological polar surface area (TPSA) is 41.6 Å². The number of morpholine rings is 1. The van der Waals surface area contributed by atoms with Crippen molar-refractivity contribution in [2.75, 3.05) is 31.6 Å². The van der Waals surface area contributed by atoms with Gasteiger partial charge in [-0.1, -0.05) is 6.07 Å². The monoisotopic (exact) mass is 288 g/mol. The molecule has 0 aliphatic carbocycles. The number of ether oxygens (including phenoxy) is 1. The Kier molecular flexibility index (Phi) is 4.17. The van der Waals surface area contributed by atoms with Crippen molar-refractivity contribution < 1.29 is 22.7 Å². The summed E-state index contributed by atoms with van der Waals surface area (Å²) in [5, 5.41) is 2.52. The van der Waals surface area contributed by atoms with Gasteiger partial charge in [-0.15, -0.1) is 0 Å². The Bertz CT molecular complexity index is 497. The van der Waals surface area contributed by atoms with Crippen LogP contribution in [0.25, 0.3) is 0 Å². The number of alkyl halides is 3. The van der Waals surface area contributed by atoms with Crippen molar-refractivity contribution in [1.82, 2.24) is 4.90 Å². The Morgan fingerprint density at radius 3 is 2.55 bits per heavy atom. The number of hydrogen-bond donors (Lipinski definition) is 1. The Labute approximate surface area is 114 Å². The molecule has 0 bridgehead atoms. The van der Waals surface area contributed by atoms with Gasteiger partial charge in [-0.2, -0.15) is 13.2 Å². The van der Waals surface area contributed by atoms with Crippen LogP contribution in [0.2, 0.25) is 0 Å². The molecule has 0 aromatic heterocycles. The van der Waals surface area contributed by atoms with E-state index < -0.39 is 17.8 Å². The Hall–Kier alpha value is -1.76. The van der Waals surface area contributed by atoms with Crippen LogP contribution < -0.4 is 5.32 Å². The summed E-state index contributed by atoms with van der Waals surface area (Å²) >= 11 is 0. The summed E-state index contributed by atoms with van der Waals surface area (Å²) in [6.45, 7) is 3.40. The van der Waals surface area contributed by atoms with Gasteiger partial charge >= 0.3 is 12.2 Å². The van der Waals surface area contributed by atoms with Gasteiger partial charge < -0.3 is 15.0 Å². The summed E-state index contributed by atoms with van der Waals surface area (Å²) in [7, 11) is 0. The van der Waals surface area contributed by atoms with Crippen LogP contribution >= 0.6 is 0 Å². The normalized spacial score (nSPS) is 16.1. The molecule has 1 aliphatic rings. The summed E-state index contributed by atoms with van der Waals surface area (Å²) in [4.78, 5) is 13.5. The fourth-order valence-corrected chi connectivity index (χ4v) is 1.89. The Morgan fingerprint density at radius 1 is 1.30 bits per heavy atom. The van der Waals surface area contributed by atoms with Crippen LogP contribution in [0.15, 0.2) is 18.2 Å². The Morgan fingerprint density at radius 2 is 1.95 bits per heavy atom. The standard InChI is InChI=1S/C13H15F3N2O2/c1-9-2-3-10(13(14,15)16)8-11(9)17-12(19)18-4-6-20-7-5-18/h2-3,8H,4-7H2,1H3,(H,17,19). The Balaban J connectivity index is 2.13. The van der Waals surface area contributed by atoms with Gasteiger partial charge in [0.05, 0.1) is 18.8 Å². The quantitative estimate of drug-likeness (QED) is 0.863. The molecular weight excluding hydrogens is 273 g/mol. The zero-order chi connectivity index (χ0) is 14.8. The van der Waals surface area contributed by atoms with Gasteiger partial charge in [0, 0.05) is 18.8 Å². The number of carbonyl (C=O) groups excluding carboxylic acids is 1. The van der Waals surface area contributed by atoms with Crippen molar-refractivity contribution in [3.05, 3.63) is 29.3 Å². The number of rotatable bonds is 1. The third kappa shape index (κ3) is 3.41. The molecule has 0 radical (unpaired) electrons. The van der Waals surface area contributed by atoms with Crippen LogP contribution in [-0.2, 0) is 10.9 Å². The van der Waals surface area contributed by atoms with E-state index >= 15 is 0 Å². The largest absolute Gasteiger partial charge is 0.416 e. The molecule has 0 saturated carbocycles. The van der Waals surface area contributed by atoms with Gasteiger partial charge in [-0.3, -0.25) is 0 Å². The van der Waals surface area contributed by atoms with Gasteiger partial charge in [-0.05, 0) is 24.6 Å². The second-order valence-electron chi connectivity index (χ2n) is 4.56. The number of urea groups is 1. The lowest BCUT2D eigenvalue weighted by Crippen LogP contribution is -2.43. The van der Waals surface area contributed by atoms with E-state index in [1.54, 1.807) is 6.92 Å². The van der Waals surface area contributed by atoms with Crippen LogP contribution in [0.3, 0.4) is 0 Å². The third-order valence-electron chi connectivity index (χ3n) is 3.10. The van der Waals surface area contributed by atoms with Gasteiger partial charge in [0.25, 0.3) is 0 Å². The van der Waals surface area contributed by atoms with Crippen molar-refractivity contribution in [2.24, 2.45) is 0 Å². The first-order valence-electron chi connectivity index (χ1n) is 6.19. The van der Waals surface area contributed by atoms with Crippen LogP contribution in [0, 0.1) is 6.92 Å². The molecule has 2 rings (SSSR count). The second-order valence-corrected chi connectivity index (χ2v) is 4.56. The van der Waals surface area contributed by atoms with Crippen LogP contribution in [0.5, 0.6) is 0 Å². The maximum absolute atomic E-state index is 12.7. The fraction of sp³-hybridized carbons (Fsp3) is 0.462. The fourth-order valence-electron chi connectivity index (χ4n) is 1.89. The van der Waals surface area contributed by atoms with Crippen molar-refractivity contribution in [3.63, 3.8) is 0 Å². The highest BCUT2D eigenvalue weighted by Gasteiger charge is 2.31. The first-order chi connectivity index (χ1) is 9.38. The predicted molar refractivity (Wildman–Crippen MR) is 67.6 cm³/mol. The third-order valence-corrected chi connectivity index (χ3v) is 3.10. The molecule has 1 aliphatic heterocycles. The number of hydrogen-bond acceptors (Lipinski definition) is 2. The molecule has 0 unspecified atom stereocenters. The van der Waals surface area contributed by atoms with Gasteiger partial charge in [0.15, 0.2) is 0 Å². The van der Waals surface area contributed by atoms with E-state index in [9.17, 15) is 18.0 Å². The maximum atomic E-state index is 12.7. The van der Waals surface area contributed by atoms with Crippen molar-refractivity contribution in [2.45, 2.75) is 13.1 Å². The van der Waals surface area contributed by atoms with E-state index in [1.165, 1.54) is 11.0 Å². The number of nitrogens with one attached hydrogen (secondary N) is 1. The van der Waals surface area contributed by atoms with E-state index in [-0.39, 0.29) is 5.69 Å². The molecule has 4 nitrogen and oxygen atoms in total. The molecule has 1 fully saturated rings. The molecule has 1 aromatic carbocycles. The smallest absolute Gasteiger partial charge is 0.378 e. The van der Waals surface area contributed by atoms with E-state index in [0.717, 1.165) is 12.1 Å². The van der Waals surface area contributed by atoms with E-state index in [4.69, 9.17) is 4.74 Å². The molecule has 7 heteroatoms.